The molecule has 1 unspecified atom stereocenters. The molecular weight excluding hydrogens is 985 g/mol. The molecule has 0 amide bonds. The summed E-state index contributed by atoms with van der Waals surface area (Å²) in [5.74, 6) is -0.849. The van der Waals surface area contributed by atoms with Gasteiger partial charge in [0.25, 0.3) is 0 Å². The van der Waals surface area contributed by atoms with Crippen LogP contribution in [0.2, 0.25) is 0 Å². The van der Waals surface area contributed by atoms with E-state index in [9.17, 15) is 14.4 Å². The second-order valence-electron chi connectivity index (χ2n) is 24.5. The van der Waals surface area contributed by atoms with E-state index in [-0.39, 0.29) is 31.1 Å². The molecular formula is C74H138O6. The molecule has 0 radical (unpaired) electrons. The minimum atomic E-state index is -0.772. The van der Waals surface area contributed by atoms with Crippen LogP contribution in [0.4, 0.5) is 0 Å². The van der Waals surface area contributed by atoms with Gasteiger partial charge in [0.05, 0.1) is 0 Å². The highest BCUT2D eigenvalue weighted by atomic mass is 16.6. The van der Waals surface area contributed by atoms with Crippen molar-refractivity contribution < 1.29 is 28.6 Å². The van der Waals surface area contributed by atoms with E-state index in [0.717, 1.165) is 70.6 Å². The van der Waals surface area contributed by atoms with Gasteiger partial charge in [0.2, 0.25) is 0 Å². The molecule has 0 saturated carbocycles. The molecule has 470 valence electrons. The lowest BCUT2D eigenvalue weighted by atomic mass is 10.0. The molecule has 0 aliphatic carbocycles. The Hall–Kier alpha value is -2.37. The molecule has 0 rings (SSSR count). The Morgan fingerprint density at radius 2 is 0.463 bits per heavy atom. The second-order valence-corrected chi connectivity index (χ2v) is 24.5. The summed E-state index contributed by atoms with van der Waals surface area (Å²) in [6.45, 7) is 6.66. The molecule has 0 spiro atoms. The lowest BCUT2D eigenvalue weighted by Gasteiger charge is -2.18. The fraction of sp³-hybridized carbons (Fsp3) is 0.878. The molecule has 0 aliphatic rings. The third-order valence-corrected chi connectivity index (χ3v) is 16.4. The number of allylic oxidation sites excluding steroid dienone is 6. The molecule has 0 saturated heterocycles. The maximum atomic E-state index is 12.9. The van der Waals surface area contributed by atoms with E-state index >= 15 is 0 Å². The SMILES string of the molecule is CCCC/C=C\CCCCCCCC(=O)OCC(COC(=O)CCCCCCCCCCCCCCCCCCCCC/C=C\C/C=C\CCCCCCC)OC(=O)CCCCCCCCCCCCCCCCCCCCCC. The van der Waals surface area contributed by atoms with Crippen molar-refractivity contribution in [2.24, 2.45) is 0 Å². The summed E-state index contributed by atoms with van der Waals surface area (Å²) in [6, 6.07) is 0. The normalized spacial score (nSPS) is 12.2. The first kappa shape index (κ1) is 77.6. The number of hydrogen-bond donors (Lipinski definition) is 0. The van der Waals surface area contributed by atoms with Gasteiger partial charge in [0, 0.05) is 19.3 Å². The Morgan fingerprint density at radius 1 is 0.250 bits per heavy atom. The monoisotopic (exact) mass is 1120 g/mol. The van der Waals surface area contributed by atoms with Crippen molar-refractivity contribution in [3.63, 3.8) is 0 Å². The topological polar surface area (TPSA) is 78.9 Å². The maximum absolute atomic E-state index is 12.9. The molecule has 1 atom stereocenters. The van der Waals surface area contributed by atoms with Crippen molar-refractivity contribution in [1.29, 1.82) is 0 Å². The zero-order chi connectivity index (χ0) is 57.8. The van der Waals surface area contributed by atoms with Crippen molar-refractivity contribution in [3.8, 4) is 0 Å². The van der Waals surface area contributed by atoms with Crippen molar-refractivity contribution >= 4 is 17.9 Å². The molecule has 6 heteroatoms. The van der Waals surface area contributed by atoms with E-state index in [1.54, 1.807) is 0 Å². The number of carbonyl (C=O) groups excluding carboxylic acids is 3. The first-order chi connectivity index (χ1) is 39.5. The highest BCUT2D eigenvalue weighted by molar-refractivity contribution is 5.71. The van der Waals surface area contributed by atoms with E-state index in [4.69, 9.17) is 14.2 Å². The smallest absolute Gasteiger partial charge is 0.306 e. The van der Waals surface area contributed by atoms with E-state index in [0.29, 0.717) is 19.3 Å². The highest BCUT2D eigenvalue weighted by Gasteiger charge is 2.19. The molecule has 0 aromatic carbocycles. The summed E-state index contributed by atoms with van der Waals surface area (Å²) < 4.78 is 17.0. The second kappa shape index (κ2) is 69.1. The van der Waals surface area contributed by atoms with Crippen LogP contribution < -0.4 is 0 Å². The highest BCUT2D eigenvalue weighted by Crippen LogP contribution is 2.19. The molecule has 0 N–H and O–H groups in total. The Morgan fingerprint density at radius 3 is 0.738 bits per heavy atom. The van der Waals surface area contributed by atoms with Crippen LogP contribution in [0.1, 0.15) is 400 Å². The summed E-state index contributed by atoms with van der Waals surface area (Å²) in [4.78, 5) is 38.3. The lowest BCUT2D eigenvalue weighted by Crippen LogP contribution is -2.30. The van der Waals surface area contributed by atoms with Crippen LogP contribution in [-0.2, 0) is 28.6 Å². The zero-order valence-electron chi connectivity index (χ0n) is 54.1. The number of ether oxygens (including phenoxy) is 3. The zero-order valence-corrected chi connectivity index (χ0v) is 54.1. The minimum absolute atomic E-state index is 0.0686. The van der Waals surface area contributed by atoms with Gasteiger partial charge in [-0.1, -0.05) is 346 Å². The fourth-order valence-corrected chi connectivity index (χ4v) is 10.9. The van der Waals surface area contributed by atoms with E-state index in [2.05, 4.69) is 57.2 Å². The van der Waals surface area contributed by atoms with Gasteiger partial charge >= 0.3 is 17.9 Å². The van der Waals surface area contributed by atoms with Gasteiger partial charge in [-0.25, -0.2) is 0 Å². The van der Waals surface area contributed by atoms with Crippen molar-refractivity contribution in [2.45, 2.75) is 406 Å². The quantitative estimate of drug-likeness (QED) is 0.0261. The van der Waals surface area contributed by atoms with Gasteiger partial charge in [-0.05, 0) is 70.6 Å². The Kier molecular flexibility index (Phi) is 67.1. The predicted molar refractivity (Wildman–Crippen MR) is 349 cm³/mol. The average Bonchev–Trinajstić information content (AvgIpc) is 3.46. The first-order valence-corrected chi connectivity index (χ1v) is 36.0. The summed E-state index contributed by atoms with van der Waals surface area (Å²) in [6.07, 6.45) is 86.2. The predicted octanol–water partition coefficient (Wildman–Crippen LogP) is 24.7. The molecule has 0 bridgehead atoms. The van der Waals surface area contributed by atoms with Crippen LogP contribution in [-0.4, -0.2) is 37.2 Å². The lowest BCUT2D eigenvalue weighted by molar-refractivity contribution is -0.167. The van der Waals surface area contributed by atoms with Crippen LogP contribution in [0.3, 0.4) is 0 Å². The van der Waals surface area contributed by atoms with Gasteiger partial charge < -0.3 is 14.2 Å². The summed E-state index contributed by atoms with van der Waals surface area (Å²) in [7, 11) is 0. The number of rotatable bonds is 67. The Bertz CT molecular complexity index is 1340. The number of esters is 3. The molecule has 0 aromatic heterocycles. The molecule has 0 aromatic rings. The van der Waals surface area contributed by atoms with E-state index in [1.165, 1.54) is 289 Å². The molecule has 0 aliphatic heterocycles. The van der Waals surface area contributed by atoms with Gasteiger partial charge in [-0.2, -0.15) is 0 Å². The summed E-state index contributed by atoms with van der Waals surface area (Å²) >= 11 is 0. The summed E-state index contributed by atoms with van der Waals surface area (Å²) in [5, 5.41) is 0. The van der Waals surface area contributed by atoms with Gasteiger partial charge in [-0.15, -0.1) is 0 Å². The third-order valence-electron chi connectivity index (χ3n) is 16.4. The molecule has 0 fully saturated rings. The minimum Gasteiger partial charge on any atom is -0.462 e. The first-order valence-electron chi connectivity index (χ1n) is 36.0. The van der Waals surface area contributed by atoms with Crippen LogP contribution in [0, 0.1) is 0 Å². The van der Waals surface area contributed by atoms with Crippen LogP contribution in [0.5, 0.6) is 0 Å². The van der Waals surface area contributed by atoms with E-state index in [1.807, 2.05) is 0 Å². The average molecular weight is 1120 g/mol. The number of unbranched alkanes of at least 4 members (excludes halogenated alkanes) is 50. The van der Waals surface area contributed by atoms with Crippen molar-refractivity contribution in [3.05, 3.63) is 36.5 Å². The van der Waals surface area contributed by atoms with Gasteiger partial charge in [-0.3, -0.25) is 14.4 Å². The van der Waals surface area contributed by atoms with Crippen molar-refractivity contribution in [1.82, 2.24) is 0 Å². The third kappa shape index (κ3) is 66.4. The van der Waals surface area contributed by atoms with Gasteiger partial charge in [0.15, 0.2) is 6.10 Å². The largest absolute Gasteiger partial charge is 0.462 e. The maximum Gasteiger partial charge on any atom is 0.306 e. The van der Waals surface area contributed by atoms with Crippen LogP contribution in [0.25, 0.3) is 0 Å². The molecule has 0 heterocycles. The van der Waals surface area contributed by atoms with Crippen molar-refractivity contribution in [2.75, 3.05) is 13.2 Å². The molecule has 6 nitrogen and oxygen atoms in total. The number of carbonyl (C=O) groups is 3. The number of hydrogen-bond acceptors (Lipinski definition) is 6. The van der Waals surface area contributed by atoms with E-state index < -0.39 is 6.10 Å². The molecule has 80 heavy (non-hydrogen) atoms. The summed E-state index contributed by atoms with van der Waals surface area (Å²) in [5.41, 5.74) is 0. The van der Waals surface area contributed by atoms with Crippen LogP contribution >= 0.6 is 0 Å². The Labute approximate surface area is 499 Å². The Balaban J connectivity index is 4.11. The standard InChI is InChI=1S/C74H138O6/c1-4-7-10-13-16-19-22-24-26-28-30-32-33-34-35-36-37-38-39-40-41-42-44-45-47-49-52-55-58-61-64-67-73(76)79-70-71(69-78-72(75)66-63-60-57-54-51-21-18-15-12-9-6-3)80-74(77)68-65-62-59-56-53-50-48-46-43-31-29-27-25-23-20-17-14-11-8-5-2/h15,18,22,24,28,30,71H,4-14,16-17,19-21,23,25-27,29,31-70H2,1-3H3/b18-15-,24-22-,30-28-. The van der Waals surface area contributed by atoms with Crippen LogP contribution in [0.15, 0.2) is 36.5 Å². The van der Waals surface area contributed by atoms with Gasteiger partial charge in [0.1, 0.15) is 13.2 Å². The fourth-order valence-electron chi connectivity index (χ4n) is 10.9.